The van der Waals surface area contributed by atoms with Crippen LogP contribution in [0, 0.1) is 0 Å². The van der Waals surface area contributed by atoms with Crippen molar-refractivity contribution in [2.24, 2.45) is 0 Å². The third kappa shape index (κ3) is 0.861. The second-order valence-electron chi connectivity index (χ2n) is 2.99. The zero-order valence-electron chi connectivity index (χ0n) is 7.14. The van der Waals surface area contributed by atoms with Crippen molar-refractivity contribution >= 4 is 27.8 Å². The van der Waals surface area contributed by atoms with Crippen molar-refractivity contribution < 1.29 is 4.42 Å². The maximum atomic E-state index is 5.63. The van der Waals surface area contributed by atoms with Crippen molar-refractivity contribution in [1.29, 1.82) is 0 Å². The molecule has 0 fully saturated rings. The van der Waals surface area contributed by atoms with E-state index in [-0.39, 0.29) is 0 Å². The first kappa shape index (κ1) is 7.25. The molecule has 3 aromatic heterocycles. The zero-order valence-corrected chi connectivity index (χ0v) is 7.14. The summed E-state index contributed by atoms with van der Waals surface area (Å²) < 4.78 is 5.44. The van der Waals surface area contributed by atoms with Gasteiger partial charge in [0.1, 0.15) is 0 Å². The minimum atomic E-state index is 0.559. The van der Waals surface area contributed by atoms with Gasteiger partial charge >= 0.3 is 0 Å². The van der Waals surface area contributed by atoms with E-state index in [9.17, 15) is 0 Å². The Bertz CT molecular complexity index is 616. The molecule has 68 valence electrons. The van der Waals surface area contributed by atoms with Gasteiger partial charge in [-0.1, -0.05) is 0 Å². The van der Waals surface area contributed by atoms with Gasteiger partial charge in [-0.05, 0) is 6.07 Å². The number of furan rings is 1. The monoisotopic (exact) mass is 186 g/mol. The van der Waals surface area contributed by atoms with Crippen LogP contribution in [-0.2, 0) is 0 Å². The van der Waals surface area contributed by atoms with E-state index in [0.717, 1.165) is 10.8 Å². The van der Waals surface area contributed by atoms with E-state index in [2.05, 4.69) is 15.2 Å². The molecule has 0 spiro atoms. The maximum absolute atomic E-state index is 5.63. The van der Waals surface area contributed by atoms with Gasteiger partial charge in [-0.15, -0.1) is 0 Å². The summed E-state index contributed by atoms with van der Waals surface area (Å²) in [6.45, 7) is 0. The predicted octanol–water partition coefficient (Wildman–Crippen LogP) is 1.35. The lowest BCUT2D eigenvalue weighted by atomic mass is 10.2. The average Bonchev–Trinajstić information content (AvgIpc) is 2.56. The molecule has 0 aliphatic carbocycles. The highest BCUT2D eigenvalue weighted by Crippen LogP contribution is 2.26. The number of nitrogen functional groups attached to an aromatic ring is 1. The van der Waals surface area contributed by atoms with Crippen molar-refractivity contribution in [1.82, 2.24) is 15.2 Å². The average molecular weight is 186 g/mol. The van der Waals surface area contributed by atoms with E-state index in [1.807, 2.05) is 6.07 Å². The van der Waals surface area contributed by atoms with Crippen LogP contribution >= 0.6 is 0 Å². The largest absolute Gasteiger partial charge is 0.436 e. The number of rotatable bonds is 0. The van der Waals surface area contributed by atoms with Crippen molar-refractivity contribution in [2.75, 3.05) is 5.73 Å². The van der Waals surface area contributed by atoms with Gasteiger partial charge in [-0.3, -0.25) is 0 Å². The number of pyridine rings is 1. The van der Waals surface area contributed by atoms with Crippen LogP contribution in [0.2, 0.25) is 0 Å². The Labute approximate surface area is 78.6 Å². The van der Waals surface area contributed by atoms with Crippen LogP contribution in [0.25, 0.3) is 22.1 Å². The molecule has 3 rings (SSSR count). The van der Waals surface area contributed by atoms with Crippen LogP contribution < -0.4 is 5.73 Å². The number of anilines is 1. The number of aromatic nitrogens is 3. The van der Waals surface area contributed by atoms with Crippen molar-refractivity contribution in [3.63, 3.8) is 0 Å². The first-order valence-corrected chi connectivity index (χ1v) is 4.09. The lowest BCUT2D eigenvalue weighted by Gasteiger charge is -1.89. The van der Waals surface area contributed by atoms with Gasteiger partial charge in [-0.25, -0.2) is 4.98 Å². The molecule has 0 aliphatic heterocycles. The Kier molecular flexibility index (Phi) is 1.25. The van der Waals surface area contributed by atoms with Gasteiger partial charge in [0.2, 0.25) is 5.71 Å². The molecule has 0 radical (unpaired) electrons. The van der Waals surface area contributed by atoms with Crippen LogP contribution in [0.5, 0.6) is 0 Å². The van der Waals surface area contributed by atoms with Gasteiger partial charge < -0.3 is 10.2 Å². The molecule has 14 heavy (non-hydrogen) atoms. The molecule has 3 heterocycles. The van der Waals surface area contributed by atoms with E-state index in [1.165, 1.54) is 0 Å². The maximum Gasteiger partial charge on any atom is 0.227 e. The quantitative estimate of drug-likeness (QED) is 0.573. The minimum absolute atomic E-state index is 0.559. The topological polar surface area (TPSA) is 77.8 Å². The Balaban J connectivity index is 2.58. The number of nitrogens with two attached hydrogens (primary N) is 1. The van der Waals surface area contributed by atoms with Crippen LogP contribution in [0.15, 0.2) is 29.1 Å². The van der Waals surface area contributed by atoms with E-state index in [4.69, 9.17) is 10.2 Å². The smallest absolute Gasteiger partial charge is 0.227 e. The highest BCUT2D eigenvalue weighted by Gasteiger charge is 2.07. The standard InChI is InChI=1S/C9H6N4O/c10-5-1-6-7-3-12-13-4-8(7)14-9(6)11-2-5/h1-4H,10H2. The highest BCUT2D eigenvalue weighted by molar-refractivity contribution is 6.03. The summed E-state index contributed by atoms with van der Waals surface area (Å²) in [5.74, 6) is 0. The van der Waals surface area contributed by atoms with E-state index in [1.54, 1.807) is 18.6 Å². The van der Waals surface area contributed by atoms with Crippen LogP contribution in [0.1, 0.15) is 0 Å². The highest BCUT2D eigenvalue weighted by atomic mass is 16.3. The molecule has 0 atom stereocenters. The molecule has 0 aromatic carbocycles. The number of fused-ring (bicyclic) bond motifs is 3. The van der Waals surface area contributed by atoms with Crippen LogP contribution in [0.4, 0.5) is 5.69 Å². The Morgan fingerprint density at radius 2 is 1.93 bits per heavy atom. The summed E-state index contributed by atoms with van der Waals surface area (Å²) in [6, 6.07) is 1.82. The Morgan fingerprint density at radius 3 is 2.86 bits per heavy atom. The number of nitrogens with zero attached hydrogens (tertiary/aromatic N) is 3. The molecule has 0 saturated heterocycles. The molecule has 0 aliphatic rings. The van der Waals surface area contributed by atoms with Gasteiger partial charge in [0.05, 0.1) is 35.1 Å². The number of hydrogen-bond donors (Lipinski definition) is 1. The summed E-state index contributed by atoms with van der Waals surface area (Å²) in [6.07, 6.45) is 4.76. The summed E-state index contributed by atoms with van der Waals surface area (Å²) in [4.78, 5) is 4.07. The van der Waals surface area contributed by atoms with E-state index < -0.39 is 0 Å². The second-order valence-corrected chi connectivity index (χ2v) is 2.99. The molecule has 2 N–H and O–H groups in total. The van der Waals surface area contributed by atoms with Crippen LogP contribution in [0.3, 0.4) is 0 Å². The lowest BCUT2D eigenvalue weighted by molar-refractivity contribution is 0.650. The van der Waals surface area contributed by atoms with E-state index in [0.29, 0.717) is 17.0 Å². The molecular formula is C9H6N4O. The van der Waals surface area contributed by atoms with Gasteiger partial charge in [0.25, 0.3) is 0 Å². The fourth-order valence-corrected chi connectivity index (χ4v) is 1.44. The first-order valence-electron chi connectivity index (χ1n) is 4.09. The molecule has 0 bridgehead atoms. The van der Waals surface area contributed by atoms with Crippen LogP contribution in [-0.4, -0.2) is 15.2 Å². The molecule has 5 nitrogen and oxygen atoms in total. The van der Waals surface area contributed by atoms with Gasteiger partial charge in [-0.2, -0.15) is 10.2 Å². The van der Waals surface area contributed by atoms with Crippen molar-refractivity contribution in [2.45, 2.75) is 0 Å². The minimum Gasteiger partial charge on any atom is -0.436 e. The molecule has 0 unspecified atom stereocenters. The molecule has 0 amide bonds. The van der Waals surface area contributed by atoms with Gasteiger partial charge in [0.15, 0.2) is 5.58 Å². The summed E-state index contributed by atoms with van der Waals surface area (Å²) >= 11 is 0. The predicted molar refractivity (Wildman–Crippen MR) is 51.5 cm³/mol. The normalized spacial score (nSPS) is 11.1. The first-order chi connectivity index (χ1) is 6.84. The molecule has 3 aromatic rings. The lowest BCUT2D eigenvalue weighted by Crippen LogP contribution is -1.84. The summed E-state index contributed by atoms with van der Waals surface area (Å²) in [5.41, 5.74) is 7.48. The third-order valence-electron chi connectivity index (χ3n) is 2.06. The SMILES string of the molecule is Nc1cnc2oc3cnncc3c2c1. The molecular weight excluding hydrogens is 180 g/mol. The Hall–Kier alpha value is -2.17. The van der Waals surface area contributed by atoms with Gasteiger partial charge in [0, 0.05) is 0 Å². The summed E-state index contributed by atoms with van der Waals surface area (Å²) in [7, 11) is 0. The summed E-state index contributed by atoms with van der Waals surface area (Å²) in [5, 5.41) is 9.27. The second kappa shape index (κ2) is 2.41. The van der Waals surface area contributed by atoms with Crippen molar-refractivity contribution in [3.8, 4) is 0 Å². The number of hydrogen-bond acceptors (Lipinski definition) is 5. The molecule has 5 heteroatoms. The zero-order chi connectivity index (χ0) is 9.54. The Morgan fingerprint density at radius 1 is 1.07 bits per heavy atom. The molecule has 0 saturated carbocycles. The fraction of sp³-hybridized carbons (Fsp3) is 0. The fourth-order valence-electron chi connectivity index (χ4n) is 1.44. The van der Waals surface area contributed by atoms with E-state index >= 15 is 0 Å². The van der Waals surface area contributed by atoms with Crippen molar-refractivity contribution in [3.05, 3.63) is 24.7 Å². The third-order valence-corrected chi connectivity index (χ3v) is 2.06.